The first-order valence-corrected chi connectivity index (χ1v) is 3.51. The number of nitrogens with one attached hydrogen (secondary N) is 1. The van der Waals surface area contributed by atoms with Crippen molar-refractivity contribution < 1.29 is 9.90 Å². The number of aliphatic hydroxyl groups excluding tert-OH is 1. The summed E-state index contributed by atoms with van der Waals surface area (Å²) in [5.41, 5.74) is 0. The van der Waals surface area contributed by atoms with Crippen LogP contribution in [0.3, 0.4) is 0 Å². The maximum atomic E-state index is 10.7. The van der Waals surface area contributed by atoms with E-state index in [-0.39, 0.29) is 25.0 Å². The fraction of sp³-hybridized carbons (Fsp3) is 0.714. The van der Waals surface area contributed by atoms with Crippen molar-refractivity contribution >= 4 is 5.91 Å². The highest BCUT2D eigenvalue weighted by atomic mass is 16.3. The molecule has 0 aromatic rings. The minimum absolute atomic E-state index is 0.0757. The van der Waals surface area contributed by atoms with E-state index < -0.39 is 0 Å². The zero-order valence-corrected chi connectivity index (χ0v) is 6.50. The van der Waals surface area contributed by atoms with Crippen molar-refractivity contribution in [2.75, 3.05) is 6.61 Å². The molecule has 0 saturated carbocycles. The van der Waals surface area contributed by atoms with E-state index in [1.54, 1.807) is 6.07 Å². The van der Waals surface area contributed by atoms with Gasteiger partial charge in [0.15, 0.2) is 0 Å². The van der Waals surface area contributed by atoms with Gasteiger partial charge in [-0.3, -0.25) is 4.79 Å². The van der Waals surface area contributed by atoms with Gasteiger partial charge in [-0.25, -0.2) is 0 Å². The molecule has 1 amide bonds. The van der Waals surface area contributed by atoms with Crippen LogP contribution in [-0.2, 0) is 4.79 Å². The van der Waals surface area contributed by atoms with Gasteiger partial charge < -0.3 is 10.4 Å². The summed E-state index contributed by atoms with van der Waals surface area (Å²) in [6.45, 7) is 1.78. The van der Waals surface area contributed by atoms with Gasteiger partial charge in [-0.2, -0.15) is 5.26 Å². The molecule has 0 rings (SSSR count). The second-order valence-electron chi connectivity index (χ2n) is 2.19. The van der Waals surface area contributed by atoms with Crippen LogP contribution < -0.4 is 5.32 Å². The van der Waals surface area contributed by atoms with Crippen molar-refractivity contribution in [3.63, 3.8) is 0 Å². The fourth-order valence-electron chi connectivity index (χ4n) is 0.627. The summed E-state index contributed by atoms with van der Waals surface area (Å²) in [7, 11) is 0. The predicted octanol–water partition coefficient (Wildman–Crippen LogP) is -0.213. The third-order valence-electron chi connectivity index (χ3n) is 1.32. The van der Waals surface area contributed by atoms with Crippen molar-refractivity contribution in [3.05, 3.63) is 0 Å². The van der Waals surface area contributed by atoms with Crippen LogP contribution >= 0.6 is 0 Å². The Kier molecular flexibility index (Phi) is 5.13. The molecule has 0 radical (unpaired) electrons. The standard InChI is InChI=1S/C7H12N2O2/c1-2-6(5-10)9-7(11)3-4-8/h6,10H,2-3,5H2,1H3,(H,9,11). The van der Waals surface area contributed by atoms with Crippen molar-refractivity contribution in [2.45, 2.75) is 25.8 Å². The van der Waals surface area contributed by atoms with E-state index in [0.717, 1.165) is 0 Å². The molecule has 0 aliphatic heterocycles. The van der Waals surface area contributed by atoms with Crippen molar-refractivity contribution in [3.8, 4) is 6.07 Å². The Morgan fingerprint density at radius 3 is 2.82 bits per heavy atom. The zero-order chi connectivity index (χ0) is 8.69. The molecule has 1 atom stereocenters. The second-order valence-corrected chi connectivity index (χ2v) is 2.19. The van der Waals surface area contributed by atoms with E-state index in [1.807, 2.05) is 6.92 Å². The molecular weight excluding hydrogens is 144 g/mol. The molecule has 1 unspecified atom stereocenters. The number of rotatable bonds is 4. The van der Waals surface area contributed by atoms with Gasteiger partial charge in [0, 0.05) is 0 Å². The Balaban J connectivity index is 3.64. The number of amides is 1. The molecule has 4 nitrogen and oxygen atoms in total. The first-order chi connectivity index (χ1) is 5.24. The van der Waals surface area contributed by atoms with Crippen LogP contribution in [0.15, 0.2) is 0 Å². The number of hydrogen-bond donors (Lipinski definition) is 2. The molecule has 0 aromatic carbocycles. The maximum absolute atomic E-state index is 10.7. The minimum Gasteiger partial charge on any atom is -0.394 e. The molecule has 4 heteroatoms. The van der Waals surface area contributed by atoms with Gasteiger partial charge in [0.25, 0.3) is 0 Å². The highest BCUT2D eigenvalue weighted by molar-refractivity contribution is 5.78. The molecule has 11 heavy (non-hydrogen) atoms. The number of aliphatic hydroxyl groups is 1. The van der Waals surface area contributed by atoms with E-state index >= 15 is 0 Å². The molecule has 0 bridgehead atoms. The van der Waals surface area contributed by atoms with Gasteiger partial charge >= 0.3 is 0 Å². The van der Waals surface area contributed by atoms with Crippen LogP contribution in [0.4, 0.5) is 0 Å². The van der Waals surface area contributed by atoms with Crippen LogP contribution in [0.1, 0.15) is 19.8 Å². The Bertz CT molecular complexity index is 158. The lowest BCUT2D eigenvalue weighted by atomic mass is 10.2. The number of carbonyl (C=O) groups is 1. The highest BCUT2D eigenvalue weighted by Crippen LogP contribution is 1.89. The largest absolute Gasteiger partial charge is 0.394 e. The van der Waals surface area contributed by atoms with Gasteiger partial charge in [-0.1, -0.05) is 6.92 Å². The Morgan fingerprint density at radius 2 is 2.45 bits per heavy atom. The van der Waals surface area contributed by atoms with E-state index in [0.29, 0.717) is 6.42 Å². The molecule has 0 saturated heterocycles. The van der Waals surface area contributed by atoms with Gasteiger partial charge in [-0.15, -0.1) is 0 Å². The topological polar surface area (TPSA) is 73.1 Å². The molecule has 0 aromatic heterocycles. The monoisotopic (exact) mass is 156 g/mol. The third-order valence-corrected chi connectivity index (χ3v) is 1.32. The zero-order valence-electron chi connectivity index (χ0n) is 6.50. The lowest BCUT2D eigenvalue weighted by molar-refractivity contribution is -0.121. The molecular formula is C7H12N2O2. The summed E-state index contributed by atoms with van der Waals surface area (Å²) in [6.07, 6.45) is 0.532. The van der Waals surface area contributed by atoms with Crippen LogP contribution in [0.5, 0.6) is 0 Å². The second kappa shape index (κ2) is 5.69. The molecule has 0 aliphatic carbocycles. The summed E-state index contributed by atoms with van der Waals surface area (Å²) in [6, 6.07) is 1.52. The average Bonchev–Trinajstić information content (AvgIpc) is 2.01. The molecule has 0 aliphatic rings. The normalized spacial score (nSPS) is 11.7. The van der Waals surface area contributed by atoms with Crippen molar-refractivity contribution in [1.29, 1.82) is 5.26 Å². The smallest absolute Gasteiger partial charge is 0.234 e. The van der Waals surface area contributed by atoms with Crippen molar-refractivity contribution in [2.24, 2.45) is 0 Å². The Morgan fingerprint density at radius 1 is 1.82 bits per heavy atom. The fourth-order valence-corrected chi connectivity index (χ4v) is 0.627. The number of nitriles is 1. The van der Waals surface area contributed by atoms with E-state index in [1.165, 1.54) is 0 Å². The van der Waals surface area contributed by atoms with Crippen LogP contribution in [0.25, 0.3) is 0 Å². The summed E-state index contributed by atoms with van der Waals surface area (Å²) < 4.78 is 0. The summed E-state index contributed by atoms with van der Waals surface area (Å²) in [5.74, 6) is -0.326. The van der Waals surface area contributed by atoms with Crippen LogP contribution in [0, 0.1) is 11.3 Å². The lowest BCUT2D eigenvalue weighted by Crippen LogP contribution is -2.36. The lowest BCUT2D eigenvalue weighted by Gasteiger charge is -2.11. The summed E-state index contributed by atoms with van der Waals surface area (Å²) in [4.78, 5) is 10.7. The molecule has 0 spiro atoms. The predicted molar refractivity (Wildman–Crippen MR) is 39.5 cm³/mol. The van der Waals surface area contributed by atoms with E-state index in [2.05, 4.69) is 5.32 Å². The van der Waals surface area contributed by atoms with Gasteiger partial charge in [-0.05, 0) is 6.42 Å². The van der Waals surface area contributed by atoms with Crippen molar-refractivity contribution in [1.82, 2.24) is 5.32 Å². The average molecular weight is 156 g/mol. The number of carbonyl (C=O) groups excluding carboxylic acids is 1. The Hall–Kier alpha value is -1.08. The summed E-state index contributed by atoms with van der Waals surface area (Å²) >= 11 is 0. The first kappa shape index (κ1) is 9.92. The minimum atomic E-state index is -0.326. The molecule has 0 heterocycles. The number of hydrogen-bond acceptors (Lipinski definition) is 3. The quantitative estimate of drug-likeness (QED) is 0.591. The SMILES string of the molecule is CCC(CO)NC(=O)CC#N. The van der Waals surface area contributed by atoms with Gasteiger partial charge in [0.05, 0.1) is 18.7 Å². The van der Waals surface area contributed by atoms with Crippen LogP contribution in [0.2, 0.25) is 0 Å². The molecule has 2 N–H and O–H groups in total. The van der Waals surface area contributed by atoms with Gasteiger partial charge in [0.2, 0.25) is 5.91 Å². The van der Waals surface area contributed by atoms with E-state index in [4.69, 9.17) is 10.4 Å². The Labute approximate surface area is 65.8 Å². The highest BCUT2D eigenvalue weighted by Gasteiger charge is 2.07. The molecule has 0 fully saturated rings. The molecule has 62 valence electrons. The van der Waals surface area contributed by atoms with Gasteiger partial charge in [0.1, 0.15) is 6.42 Å². The first-order valence-electron chi connectivity index (χ1n) is 3.51. The van der Waals surface area contributed by atoms with E-state index in [9.17, 15) is 4.79 Å². The third kappa shape index (κ3) is 4.34. The summed E-state index contributed by atoms with van der Waals surface area (Å²) in [5, 5.41) is 19.3. The maximum Gasteiger partial charge on any atom is 0.234 e. The van der Waals surface area contributed by atoms with Crippen LogP contribution in [-0.4, -0.2) is 23.7 Å². The number of nitrogens with zero attached hydrogens (tertiary/aromatic N) is 1.